The number of hydrogen-bond acceptors (Lipinski definition) is 7. The highest BCUT2D eigenvalue weighted by molar-refractivity contribution is 7.89. The molecule has 2 N–H and O–H groups in total. The van der Waals surface area contributed by atoms with Gasteiger partial charge in [-0.1, -0.05) is 11.6 Å². The molecule has 3 amide bonds. The predicted octanol–water partition coefficient (Wildman–Crippen LogP) is 0.363. The van der Waals surface area contributed by atoms with E-state index >= 15 is 0 Å². The zero-order chi connectivity index (χ0) is 20.7. The molecule has 1 heterocycles. The van der Waals surface area contributed by atoms with Gasteiger partial charge >= 0.3 is 12.0 Å². The first-order chi connectivity index (χ1) is 13.3. The molecule has 0 bridgehead atoms. The normalized spacial score (nSPS) is 14.9. The lowest BCUT2D eigenvalue weighted by Crippen LogP contribution is -2.41. The fourth-order valence-electron chi connectivity index (χ4n) is 2.33. The van der Waals surface area contributed by atoms with Gasteiger partial charge in [-0.3, -0.25) is 10.1 Å². The van der Waals surface area contributed by atoms with Gasteiger partial charge in [-0.2, -0.15) is 4.31 Å². The fourth-order valence-corrected chi connectivity index (χ4v) is 3.96. The first-order valence-electron chi connectivity index (χ1n) is 8.38. The molecule has 12 heteroatoms. The third kappa shape index (κ3) is 5.64. The number of benzene rings is 1. The summed E-state index contributed by atoms with van der Waals surface area (Å²) in [4.78, 5) is 34.9. The fraction of sp³-hybridized carbons (Fsp3) is 0.438. The largest absolute Gasteiger partial charge is 0.452 e. The van der Waals surface area contributed by atoms with Crippen LogP contribution in [0.2, 0.25) is 5.02 Å². The predicted molar refractivity (Wildman–Crippen MR) is 98.5 cm³/mol. The van der Waals surface area contributed by atoms with E-state index in [1.807, 2.05) is 5.32 Å². The number of esters is 1. The second-order valence-electron chi connectivity index (χ2n) is 5.64. The number of rotatable bonds is 6. The number of hydrogen-bond donors (Lipinski definition) is 2. The Morgan fingerprint density at radius 1 is 1.25 bits per heavy atom. The monoisotopic (exact) mass is 433 g/mol. The van der Waals surface area contributed by atoms with Crippen LogP contribution in [0.1, 0.15) is 17.3 Å². The summed E-state index contributed by atoms with van der Waals surface area (Å²) < 4.78 is 36.6. The smallest absolute Gasteiger partial charge is 0.340 e. The van der Waals surface area contributed by atoms with E-state index < -0.39 is 34.5 Å². The molecule has 2 rings (SSSR count). The molecule has 0 saturated carbocycles. The maximum atomic E-state index is 12.7. The molecule has 28 heavy (non-hydrogen) atoms. The quantitative estimate of drug-likeness (QED) is 0.619. The maximum absolute atomic E-state index is 12.7. The molecular formula is C16H20ClN3O7S. The number of imide groups is 1. The lowest BCUT2D eigenvalue weighted by molar-refractivity contribution is -0.123. The standard InChI is InChI=1S/C16H20ClN3O7S/c1-2-18-16(23)19-14(21)10-27-15(22)12-9-11(3-4-13(12)17)28(24,25)20-5-7-26-8-6-20/h3-4,9H,2,5-8,10H2,1H3,(H2,18,19,21,23). The number of urea groups is 1. The Hall–Kier alpha value is -2.21. The van der Waals surface area contributed by atoms with Crippen LogP contribution < -0.4 is 10.6 Å². The molecule has 0 spiro atoms. The van der Waals surface area contributed by atoms with Crippen molar-refractivity contribution >= 4 is 39.5 Å². The Morgan fingerprint density at radius 2 is 1.93 bits per heavy atom. The number of halogens is 1. The summed E-state index contributed by atoms with van der Waals surface area (Å²) in [6.07, 6.45) is 0. The molecule has 0 atom stereocenters. The zero-order valence-electron chi connectivity index (χ0n) is 15.1. The van der Waals surface area contributed by atoms with Crippen LogP contribution in [-0.4, -0.2) is 70.1 Å². The average molecular weight is 434 g/mol. The van der Waals surface area contributed by atoms with Crippen molar-refractivity contribution in [2.75, 3.05) is 39.5 Å². The molecule has 1 aliphatic rings. The van der Waals surface area contributed by atoms with E-state index in [4.69, 9.17) is 21.1 Å². The topological polar surface area (TPSA) is 131 Å². The summed E-state index contributed by atoms with van der Waals surface area (Å²) in [5.74, 6) is -1.83. The highest BCUT2D eigenvalue weighted by Gasteiger charge is 2.28. The van der Waals surface area contributed by atoms with E-state index in [1.54, 1.807) is 6.92 Å². The molecule has 1 saturated heterocycles. The SMILES string of the molecule is CCNC(=O)NC(=O)COC(=O)c1cc(S(=O)(=O)N2CCOCC2)ccc1Cl. The van der Waals surface area contributed by atoms with Crippen molar-refractivity contribution in [1.82, 2.24) is 14.9 Å². The molecule has 154 valence electrons. The lowest BCUT2D eigenvalue weighted by atomic mass is 10.2. The van der Waals surface area contributed by atoms with Gasteiger partial charge in [-0.25, -0.2) is 18.0 Å². The van der Waals surface area contributed by atoms with Crippen molar-refractivity contribution in [2.45, 2.75) is 11.8 Å². The van der Waals surface area contributed by atoms with Crippen LogP contribution in [0.25, 0.3) is 0 Å². The van der Waals surface area contributed by atoms with E-state index in [-0.39, 0.29) is 41.8 Å². The van der Waals surface area contributed by atoms with E-state index in [9.17, 15) is 22.8 Å². The van der Waals surface area contributed by atoms with Crippen LogP contribution in [0.4, 0.5) is 4.79 Å². The number of morpholine rings is 1. The van der Waals surface area contributed by atoms with E-state index in [0.29, 0.717) is 6.54 Å². The first kappa shape index (κ1) is 22.1. The van der Waals surface area contributed by atoms with E-state index in [2.05, 4.69) is 5.32 Å². The van der Waals surface area contributed by atoms with Crippen LogP contribution in [0.15, 0.2) is 23.1 Å². The van der Waals surface area contributed by atoms with Gasteiger partial charge < -0.3 is 14.8 Å². The van der Waals surface area contributed by atoms with Crippen LogP contribution >= 0.6 is 11.6 Å². The number of nitrogens with one attached hydrogen (secondary N) is 2. The molecule has 0 unspecified atom stereocenters. The van der Waals surface area contributed by atoms with Gasteiger partial charge in [0.1, 0.15) is 0 Å². The molecule has 1 aromatic rings. The van der Waals surface area contributed by atoms with Gasteiger partial charge in [-0.05, 0) is 25.1 Å². The van der Waals surface area contributed by atoms with E-state index in [1.165, 1.54) is 16.4 Å². The Kier molecular flexibility index (Phi) is 7.75. The minimum atomic E-state index is -3.83. The number of sulfonamides is 1. The van der Waals surface area contributed by atoms with Crippen molar-refractivity contribution in [3.8, 4) is 0 Å². The lowest BCUT2D eigenvalue weighted by Gasteiger charge is -2.26. The van der Waals surface area contributed by atoms with Crippen LogP contribution in [-0.2, 0) is 24.3 Å². The third-order valence-corrected chi connectivity index (χ3v) is 5.91. The molecule has 10 nitrogen and oxygen atoms in total. The van der Waals surface area contributed by atoms with Crippen molar-refractivity contribution in [1.29, 1.82) is 0 Å². The van der Waals surface area contributed by atoms with Crippen molar-refractivity contribution in [2.24, 2.45) is 0 Å². The Labute approximate surface area is 167 Å². The summed E-state index contributed by atoms with van der Waals surface area (Å²) in [7, 11) is -3.83. The van der Waals surface area contributed by atoms with Crippen LogP contribution in [0, 0.1) is 0 Å². The highest BCUT2D eigenvalue weighted by atomic mass is 35.5. The minimum Gasteiger partial charge on any atom is -0.452 e. The number of ether oxygens (including phenoxy) is 2. The molecule has 1 fully saturated rings. The Balaban J connectivity index is 2.09. The summed E-state index contributed by atoms with van der Waals surface area (Å²) in [5, 5.41) is 4.28. The van der Waals surface area contributed by atoms with Gasteiger partial charge in [0, 0.05) is 19.6 Å². The van der Waals surface area contributed by atoms with E-state index in [0.717, 1.165) is 6.07 Å². The molecular weight excluding hydrogens is 414 g/mol. The average Bonchev–Trinajstić information content (AvgIpc) is 2.67. The maximum Gasteiger partial charge on any atom is 0.340 e. The minimum absolute atomic E-state index is 0.0324. The van der Waals surface area contributed by atoms with Gasteiger partial charge in [0.25, 0.3) is 5.91 Å². The van der Waals surface area contributed by atoms with Gasteiger partial charge in [0.2, 0.25) is 10.0 Å². The summed E-state index contributed by atoms with van der Waals surface area (Å²) in [6.45, 7) is 2.22. The number of carbonyl (C=O) groups excluding carboxylic acids is 3. The summed E-state index contributed by atoms with van der Waals surface area (Å²) >= 11 is 5.97. The highest BCUT2D eigenvalue weighted by Crippen LogP contribution is 2.24. The van der Waals surface area contributed by atoms with Crippen LogP contribution in [0.3, 0.4) is 0 Å². The molecule has 0 aliphatic carbocycles. The van der Waals surface area contributed by atoms with Crippen molar-refractivity contribution in [3.63, 3.8) is 0 Å². The van der Waals surface area contributed by atoms with Gasteiger partial charge in [0.15, 0.2) is 6.61 Å². The molecule has 1 aromatic carbocycles. The first-order valence-corrected chi connectivity index (χ1v) is 10.2. The molecule has 0 aromatic heterocycles. The second kappa shape index (κ2) is 9.82. The van der Waals surface area contributed by atoms with Crippen molar-refractivity contribution < 1.29 is 32.3 Å². The zero-order valence-corrected chi connectivity index (χ0v) is 16.6. The second-order valence-corrected chi connectivity index (χ2v) is 7.99. The molecule has 1 aliphatic heterocycles. The van der Waals surface area contributed by atoms with Crippen LogP contribution in [0.5, 0.6) is 0 Å². The Bertz CT molecular complexity index is 854. The third-order valence-electron chi connectivity index (χ3n) is 3.69. The Morgan fingerprint density at radius 3 is 2.57 bits per heavy atom. The van der Waals surface area contributed by atoms with Gasteiger partial charge in [-0.15, -0.1) is 0 Å². The number of nitrogens with zero attached hydrogens (tertiary/aromatic N) is 1. The summed E-state index contributed by atoms with van der Waals surface area (Å²) in [5.41, 5.74) is -0.207. The van der Waals surface area contributed by atoms with Crippen molar-refractivity contribution in [3.05, 3.63) is 28.8 Å². The van der Waals surface area contributed by atoms with Gasteiger partial charge in [0.05, 0.1) is 28.7 Å². The number of amides is 3. The number of carbonyl (C=O) groups is 3. The molecule has 0 radical (unpaired) electrons. The summed E-state index contributed by atoms with van der Waals surface area (Å²) in [6, 6.07) is 2.92.